The van der Waals surface area contributed by atoms with Gasteiger partial charge in [-0.3, -0.25) is 0 Å². The summed E-state index contributed by atoms with van der Waals surface area (Å²) in [5.74, 6) is 0.256. The summed E-state index contributed by atoms with van der Waals surface area (Å²) in [5.41, 5.74) is 7.78. The Morgan fingerprint density at radius 2 is 2.06 bits per heavy atom. The van der Waals surface area contributed by atoms with Crippen molar-refractivity contribution in [3.8, 4) is 0 Å². The minimum absolute atomic E-state index is 0.193. The summed E-state index contributed by atoms with van der Waals surface area (Å²) in [6.45, 7) is 4.12. The Bertz CT molecular complexity index is 346. The van der Waals surface area contributed by atoms with Crippen molar-refractivity contribution in [3.63, 3.8) is 0 Å². The maximum atomic E-state index is 8.52. The number of amidine groups is 1. The summed E-state index contributed by atoms with van der Waals surface area (Å²) >= 11 is 0. The van der Waals surface area contributed by atoms with Crippen LogP contribution < -0.4 is 11.1 Å². The Morgan fingerprint density at radius 3 is 2.56 bits per heavy atom. The Kier molecular flexibility index (Phi) is 4.64. The molecule has 0 saturated carbocycles. The Hall–Kier alpha value is -1.71. The van der Waals surface area contributed by atoms with Crippen LogP contribution in [0.25, 0.3) is 0 Å². The molecule has 16 heavy (non-hydrogen) atoms. The summed E-state index contributed by atoms with van der Waals surface area (Å²) in [5, 5.41) is 14.9. The van der Waals surface area contributed by atoms with E-state index in [9.17, 15) is 0 Å². The Labute approximate surface area is 96.2 Å². The van der Waals surface area contributed by atoms with Crippen LogP contribution in [-0.4, -0.2) is 17.1 Å². The third-order valence-electron chi connectivity index (χ3n) is 2.50. The molecule has 0 aliphatic heterocycles. The van der Waals surface area contributed by atoms with Gasteiger partial charge in [0.25, 0.3) is 0 Å². The number of oxime groups is 1. The molecule has 0 aliphatic carbocycles. The van der Waals surface area contributed by atoms with Crippen molar-refractivity contribution < 1.29 is 5.21 Å². The number of hydrogen-bond acceptors (Lipinski definition) is 3. The lowest BCUT2D eigenvalue weighted by atomic mass is 10.1. The van der Waals surface area contributed by atoms with Crippen molar-refractivity contribution in [1.29, 1.82) is 0 Å². The molecule has 88 valence electrons. The van der Waals surface area contributed by atoms with Crippen LogP contribution in [0, 0.1) is 6.92 Å². The Morgan fingerprint density at radius 1 is 1.44 bits per heavy atom. The number of nitrogens with one attached hydrogen (secondary N) is 1. The molecule has 0 saturated heterocycles. The fourth-order valence-corrected chi connectivity index (χ4v) is 1.48. The van der Waals surface area contributed by atoms with E-state index in [-0.39, 0.29) is 11.9 Å². The first-order chi connectivity index (χ1) is 7.65. The van der Waals surface area contributed by atoms with Gasteiger partial charge < -0.3 is 16.3 Å². The van der Waals surface area contributed by atoms with Crippen LogP contribution in [0.4, 0.5) is 5.69 Å². The Balaban J connectivity index is 2.59. The molecular weight excluding hydrogens is 202 g/mol. The van der Waals surface area contributed by atoms with E-state index in [2.05, 4.69) is 36.5 Å². The highest BCUT2D eigenvalue weighted by molar-refractivity contribution is 5.80. The molecule has 0 amide bonds. The van der Waals surface area contributed by atoms with E-state index in [1.54, 1.807) is 0 Å². The molecule has 1 aromatic carbocycles. The molecule has 0 bridgehead atoms. The molecule has 0 heterocycles. The second-order valence-corrected chi connectivity index (χ2v) is 3.91. The molecule has 4 nitrogen and oxygen atoms in total. The summed E-state index contributed by atoms with van der Waals surface area (Å²) in [4.78, 5) is 0. The molecule has 1 unspecified atom stereocenters. The molecule has 1 aromatic rings. The molecule has 4 N–H and O–H groups in total. The predicted molar refractivity (Wildman–Crippen MR) is 66.9 cm³/mol. The highest BCUT2D eigenvalue weighted by atomic mass is 16.4. The molecule has 1 rings (SSSR count). The van der Waals surface area contributed by atoms with Crippen LogP contribution in [0.15, 0.2) is 29.4 Å². The summed E-state index contributed by atoms with van der Waals surface area (Å²) in [7, 11) is 0. The van der Waals surface area contributed by atoms with Crippen LogP contribution in [0.1, 0.15) is 25.3 Å². The lowest BCUT2D eigenvalue weighted by molar-refractivity contribution is 0.316. The number of anilines is 1. The number of hydrogen-bond donors (Lipinski definition) is 3. The predicted octanol–water partition coefficient (Wildman–Crippen LogP) is 2.32. The molecule has 1 atom stereocenters. The van der Waals surface area contributed by atoms with Crippen LogP contribution in [-0.2, 0) is 0 Å². The zero-order valence-corrected chi connectivity index (χ0v) is 9.77. The summed E-state index contributed by atoms with van der Waals surface area (Å²) in [6, 6.07) is 8.37. The third kappa shape index (κ3) is 3.81. The van der Waals surface area contributed by atoms with Crippen LogP contribution >= 0.6 is 0 Å². The van der Waals surface area contributed by atoms with Gasteiger partial charge in [0.2, 0.25) is 0 Å². The second-order valence-electron chi connectivity index (χ2n) is 3.91. The first-order valence-electron chi connectivity index (χ1n) is 5.45. The molecule has 0 aliphatic rings. The van der Waals surface area contributed by atoms with E-state index in [0.717, 1.165) is 12.1 Å². The van der Waals surface area contributed by atoms with Gasteiger partial charge >= 0.3 is 0 Å². The zero-order valence-electron chi connectivity index (χ0n) is 9.77. The average molecular weight is 221 g/mol. The molecule has 0 spiro atoms. The molecule has 4 heteroatoms. The standard InChI is InChI=1S/C12H19N3O/c1-3-10(8-12(13)15-16)14-11-6-4-9(2)5-7-11/h4-7,10,14,16H,3,8H2,1-2H3,(H2,13,15). The number of rotatable bonds is 5. The van der Waals surface area contributed by atoms with Crippen LogP contribution in [0.2, 0.25) is 0 Å². The number of benzene rings is 1. The topological polar surface area (TPSA) is 70.6 Å². The second kappa shape index (κ2) is 6.00. The van der Waals surface area contributed by atoms with Gasteiger partial charge in [0.1, 0.15) is 5.84 Å². The van der Waals surface area contributed by atoms with Gasteiger partial charge in [-0.05, 0) is 25.5 Å². The zero-order chi connectivity index (χ0) is 12.0. The van der Waals surface area contributed by atoms with Gasteiger partial charge in [-0.15, -0.1) is 0 Å². The normalized spacial score (nSPS) is 13.5. The van der Waals surface area contributed by atoms with Crippen molar-refractivity contribution in [3.05, 3.63) is 29.8 Å². The fourth-order valence-electron chi connectivity index (χ4n) is 1.48. The maximum Gasteiger partial charge on any atom is 0.141 e. The highest BCUT2D eigenvalue weighted by Gasteiger charge is 2.08. The quantitative estimate of drug-likeness (QED) is 0.309. The van der Waals surface area contributed by atoms with Gasteiger partial charge in [0.15, 0.2) is 0 Å². The number of nitrogens with zero attached hydrogens (tertiary/aromatic N) is 1. The van der Waals surface area contributed by atoms with E-state index in [4.69, 9.17) is 10.9 Å². The van der Waals surface area contributed by atoms with Crippen molar-refractivity contribution in [2.75, 3.05) is 5.32 Å². The van der Waals surface area contributed by atoms with Crippen molar-refractivity contribution in [2.45, 2.75) is 32.7 Å². The van der Waals surface area contributed by atoms with Crippen molar-refractivity contribution in [2.24, 2.45) is 10.9 Å². The lowest BCUT2D eigenvalue weighted by Crippen LogP contribution is -2.26. The fraction of sp³-hybridized carbons (Fsp3) is 0.417. The largest absolute Gasteiger partial charge is 0.409 e. The number of nitrogens with two attached hydrogens (primary N) is 1. The minimum atomic E-state index is 0.193. The van der Waals surface area contributed by atoms with Crippen LogP contribution in [0.3, 0.4) is 0 Å². The van der Waals surface area contributed by atoms with Gasteiger partial charge in [-0.2, -0.15) is 0 Å². The van der Waals surface area contributed by atoms with Gasteiger partial charge in [0, 0.05) is 18.2 Å². The van der Waals surface area contributed by atoms with Crippen molar-refractivity contribution >= 4 is 11.5 Å². The van der Waals surface area contributed by atoms with E-state index < -0.39 is 0 Å². The van der Waals surface area contributed by atoms with E-state index in [1.165, 1.54) is 5.56 Å². The van der Waals surface area contributed by atoms with Gasteiger partial charge in [-0.1, -0.05) is 29.8 Å². The smallest absolute Gasteiger partial charge is 0.141 e. The van der Waals surface area contributed by atoms with E-state index in [1.807, 2.05) is 12.1 Å². The molecule has 0 aromatic heterocycles. The van der Waals surface area contributed by atoms with Gasteiger partial charge in [-0.25, -0.2) is 0 Å². The molecule has 0 fully saturated rings. The molecule has 0 radical (unpaired) electrons. The van der Waals surface area contributed by atoms with E-state index >= 15 is 0 Å². The maximum absolute atomic E-state index is 8.52. The van der Waals surface area contributed by atoms with Crippen molar-refractivity contribution in [1.82, 2.24) is 0 Å². The average Bonchev–Trinajstić information content (AvgIpc) is 2.30. The SMILES string of the molecule is CCC(CC(N)=NO)Nc1ccc(C)cc1. The van der Waals surface area contributed by atoms with E-state index in [0.29, 0.717) is 6.42 Å². The third-order valence-corrected chi connectivity index (χ3v) is 2.50. The lowest BCUT2D eigenvalue weighted by Gasteiger charge is -2.17. The highest BCUT2D eigenvalue weighted by Crippen LogP contribution is 2.12. The minimum Gasteiger partial charge on any atom is -0.409 e. The number of aryl methyl sites for hydroxylation is 1. The summed E-state index contributed by atoms with van der Waals surface area (Å²) < 4.78 is 0. The summed E-state index contributed by atoms with van der Waals surface area (Å²) in [6.07, 6.45) is 1.46. The molecular formula is C12H19N3O. The van der Waals surface area contributed by atoms with Crippen LogP contribution in [0.5, 0.6) is 0 Å². The first kappa shape index (κ1) is 12.4. The van der Waals surface area contributed by atoms with Gasteiger partial charge in [0.05, 0.1) is 0 Å². The monoisotopic (exact) mass is 221 g/mol. The first-order valence-corrected chi connectivity index (χ1v) is 5.45.